The summed E-state index contributed by atoms with van der Waals surface area (Å²) in [7, 11) is 0. The van der Waals surface area contributed by atoms with Gasteiger partial charge >= 0.3 is 0 Å². The van der Waals surface area contributed by atoms with Gasteiger partial charge in [0, 0.05) is 28.9 Å². The maximum Gasteiger partial charge on any atom is 0.0555 e. The molecule has 3 rings (SSSR count). The van der Waals surface area contributed by atoms with Crippen molar-refractivity contribution in [3.8, 4) is 11.8 Å². The highest BCUT2D eigenvalue weighted by molar-refractivity contribution is 7.10. The number of rotatable bonds is 3. The van der Waals surface area contributed by atoms with E-state index >= 15 is 0 Å². The van der Waals surface area contributed by atoms with Gasteiger partial charge in [0.15, 0.2) is 0 Å². The van der Waals surface area contributed by atoms with E-state index in [1.807, 2.05) is 0 Å². The monoisotopic (exact) mass is 296 g/mol. The van der Waals surface area contributed by atoms with Crippen LogP contribution in [0.2, 0.25) is 0 Å². The predicted molar refractivity (Wildman–Crippen MR) is 89.3 cm³/mol. The van der Waals surface area contributed by atoms with Crippen molar-refractivity contribution < 1.29 is 0 Å². The largest absolute Gasteiger partial charge is 0.320 e. The first kappa shape index (κ1) is 14.3. The van der Waals surface area contributed by atoms with Gasteiger partial charge in [-0.05, 0) is 30.5 Å². The van der Waals surface area contributed by atoms with Crippen LogP contribution < -0.4 is 5.73 Å². The highest BCUT2D eigenvalue weighted by Gasteiger charge is 2.23. The van der Waals surface area contributed by atoms with E-state index in [9.17, 15) is 0 Å². The molecule has 0 saturated carbocycles. The van der Waals surface area contributed by atoms with Gasteiger partial charge in [0.1, 0.15) is 0 Å². The molecule has 21 heavy (non-hydrogen) atoms. The molecule has 1 atom stereocenters. The summed E-state index contributed by atoms with van der Waals surface area (Å²) in [6.07, 6.45) is 1.26. The third-order valence-electron chi connectivity index (χ3n) is 3.91. The van der Waals surface area contributed by atoms with Crippen LogP contribution in [0.15, 0.2) is 41.8 Å². The number of hydrogen-bond acceptors (Lipinski definition) is 3. The predicted octanol–water partition coefficient (Wildman–Crippen LogP) is 3.05. The molecule has 0 radical (unpaired) electrons. The van der Waals surface area contributed by atoms with Crippen LogP contribution >= 0.6 is 11.3 Å². The third kappa shape index (κ3) is 3.74. The molecule has 2 nitrogen and oxygen atoms in total. The fraction of sp³-hybridized carbons (Fsp3) is 0.333. The lowest BCUT2D eigenvalue weighted by atomic mass is 9.99. The van der Waals surface area contributed by atoms with Crippen LogP contribution in [0.1, 0.15) is 28.3 Å². The van der Waals surface area contributed by atoms with Gasteiger partial charge in [-0.2, -0.15) is 0 Å². The molecule has 1 unspecified atom stereocenters. The van der Waals surface area contributed by atoms with Crippen molar-refractivity contribution >= 4 is 11.3 Å². The molecule has 2 heterocycles. The van der Waals surface area contributed by atoms with E-state index in [0.717, 1.165) is 18.7 Å². The first-order valence-electron chi connectivity index (χ1n) is 7.39. The molecule has 3 heteroatoms. The minimum absolute atomic E-state index is 0.427. The van der Waals surface area contributed by atoms with E-state index < -0.39 is 0 Å². The molecule has 1 aromatic heterocycles. The smallest absolute Gasteiger partial charge is 0.0555 e. The average molecular weight is 296 g/mol. The molecule has 108 valence electrons. The third-order valence-corrected chi connectivity index (χ3v) is 4.83. The highest BCUT2D eigenvalue weighted by Crippen LogP contribution is 2.28. The Balaban J connectivity index is 1.58. The zero-order chi connectivity index (χ0) is 14.5. The molecule has 1 aliphatic rings. The highest BCUT2D eigenvalue weighted by atomic mass is 32.1. The summed E-state index contributed by atoms with van der Waals surface area (Å²) in [5, 5.41) is 2.13. The maximum absolute atomic E-state index is 5.41. The number of nitrogens with two attached hydrogens (primary N) is 1. The number of hydrogen-bond donors (Lipinski definition) is 1. The Morgan fingerprint density at radius 1 is 1.29 bits per heavy atom. The van der Waals surface area contributed by atoms with Crippen LogP contribution in [0.3, 0.4) is 0 Å². The summed E-state index contributed by atoms with van der Waals surface area (Å²) in [6.45, 7) is 3.81. The van der Waals surface area contributed by atoms with Gasteiger partial charge in [-0.1, -0.05) is 42.2 Å². The normalized spacial score (nSPS) is 18.4. The number of likely N-dealkylation sites (tertiary alicyclic amines) is 1. The van der Waals surface area contributed by atoms with Gasteiger partial charge in [0.2, 0.25) is 0 Å². The van der Waals surface area contributed by atoms with Crippen molar-refractivity contribution in [2.45, 2.75) is 18.9 Å². The summed E-state index contributed by atoms with van der Waals surface area (Å²) in [5.41, 5.74) is 7.98. The second-order valence-electron chi connectivity index (χ2n) is 5.44. The topological polar surface area (TPSA) is 29.3 Å². The van der Waals surface area contributed by atoms with E-state index in [0.29, 0.717) is 12.5 Å². The fourth-order valence-corrected chi connectivity index (χ4v) is 3.73. The lowest BCUT2D eigenvalue weighted by Crippen LogP contribution is -2.19. The molecular formula is C18H20N2S. The Kier molecular flexibility index (Phi) is 4.72. The molecule has 0 amide bonds. The van der Waals surface area contributed by atoms with E-state index in [-0.39, 0.29) is 0 Å². The molecule has 0 spiro atoms. The first-order chi connectivity index (χ1) is 10.3. The van der Waals surface area contributed by atoms with Gasteiger partial charge in [-0.3, -0.25) is 4.90 Å². The summed E-state index contributed by atoms with van der Waals surface area (Å²) >= 11 is 1.80. The SMILES string of the molecule is NCC#Cc1csc(CN2CCC(c3ccccc3)C2)c1. The second-order valence-corrected chi connectivity index (χ2v) is 6.43. The Labute approximate surface area is 130 Å². The van der Waals surface area contributed by atoms with Gasteiger partial charge in [0.05, 0.1) is 6.54 Å². The molecule has 2 aromatic rings. The van der Waals surface area contributed by atoms with Crippen molar-refractivity contribution in [2.75, 3.05) is 19.6 Å². The quantitative estimate of drug-likeness (QED) is 0.882. The van der Waals surface area contributed by atoms with Crippen LogP contribution in [0.25, 0.3) is 0 Å². The summed E-state index contributed by atoms with van der Waals surface area (Å²) in [5.74, 6) is 6.70. The maximum atomic E-state index is 5.41. The molecule has 2 N–H and O–H groups in total. The van der Waals surface area contributed by atoms with Crippen molar-refractivity contribution in [3.05, 3.63) is 57.8 Å². The minimum Gasteiger partial charge on any atom is -0.320 e. The Morgan fingerprint density at radius 3 is 2.95 bits per heavy atom. The zero-order valence-corrected chi connectivity index (χ0v) is 12.9. The Bertz CT molecular complexity index is 636. The summed E-state index contributed by atoms with van der Waals surface area (Å²) in [6, 6.07) is 13.1. The molecule has 1 fully saturated rings. The van der Waals surface area contributed by atoms with Crippen molar-refractivity contribution in [1.29, 1.82) is 0 Å². The number of benzene rings is 1. The standard InChI is InChI=1S/C18H20N2S/c19-9-4-5-15-11-18(21-14-15)13-20-10-8-17(12-20)16-6-2-1-3-7-16/h1-3,6-7,11,14,17H,8-10,12-13,19H2. The lowest BCUT2D eigenvalue weighted by molar-refractivity contribution is 0.330. The fourth-order valence-electron chi connectivity index (χ4n) is 2.88. The minimum atomic E-state index is 0.427. The van der Waals surface area contributed by atoms with E-state index in [1.165, 1.54) is 23.4 Å². The van der Waals surface area contributed by atoms with Crippen LogP contribution in [0.4, 0.5) is 0 Å². The van der Waals surface area contributed by atoms with Crippen molar-refractivity contribution in [2.24, 2.45) is 5.73 Å². The van der Waals surface area contributed by atoms with E-state index in [4.69, 9.17) is 5.73 Å². The number of nitrogens with zero attached hydrogens (tertiary/aromatic N) is 1. The Hall–Kier alpha value is -1.60. The van der Waals surface area contributed by atoms with Crippen LogP contribution in [0, 0.1) is 11.8 Å². The molecule has 1 saturated heterocycles. The average Bonchev–Trinajstić information content (AvgIpc) is 3.16. The van der Waals surface area contributed by atoms with Gasteiger partial charge in [-0.25, -0.2) is 0 Å². The zero-order valence-electron chi connectivity index (χ0n) is 12.1. The summed E-state index contributed by atoms with van der Waals surface area (Å²) in [4.78, 5) is 3.94. The van der Waals surface area contributed by atoms with Crippen molar-refractivity contribution in [1.82, 2.24) is 4.90 Å². The van der Waals surface area contributed by atoms with Crippen LogP contribution in [-0.2, 0) is 6.54 Å². The molecule has 1 aromatic carbocycles. The number of thiophene rings is 1. The van der Waals surface area contributed by atoms with Gasteiger partial charge in [-0.15, -0.1) is 11.3 Å². The molecule has 0 bridgehead atoms. The van der Waals surface area contributed by atoms with Gasteiger partial charge in [0.25, 0.3) is 0 Å². The molecule has 0 aliphatic carbocycles. The van der Waals surface area contributed by atoms with Gasteiger partial charge < -0.3 is 5.73 Å². The molecule has 1 aliphatic heterocycles. The van der Waals surface area contributed by atoms with Crippen LogP contribution in [-0.4, -0.2) is 24.5 Å². The Morgan fingerprint density at radius 2 is 2.14 bits per heavy atom. The van der Waals surface area contributed by atoms with Crippen molar-refractivity contribution in [3.63, 3.8) is 0 Å². The first-order valence-corrected chi connectivity index (χ1v) is 8.27. The molecular weight excluding hydrogens is 276 g/mol. The van der Waals surface area contributed by atoms with Crippen LogP contribution in [0.5, 0.6) is 0 Å². The van der Waals surface area contributed by atoms with E-state index in [1.54, 1.807) is 11.3 Å². The summed E-state index contributed by atoms with van der Waals surface area (Å²) < 4.78 is 0. The van der Waals surface area contributed by atoms with E-state index in [2.05, 4.69) is 58.5 Å². The lowest BCUT2D eigenvalue weighted by Gasteiger charge is -2.15. The second kappa shape index (κ2) is 6.91.